The number of benzene rings is 1. The number of primary amides is 3. The molecule has 1 aromatic rings. The van der Waals surface area contributed by atoms with Crippen molar-refractivity contribution < 1.29 is 75.0 Å². The Morgan fingerprint density at radius 1 is 0.615 bits per heavy atom. The van der Waals surface area contributed by atoms with Crippen LogP contribution in [0.15, 0.2) is 30.3 Å². The van der Waals surface area contributed by atoms with Gasteiger partial charge in [-0.05, 0) is 149 Å². The molecule has 19 N–H and O–H groups in total. The number of rotatable bonds is 19. The first-order valence-electron chi connectivity index (χ1n) is 34.5. The summed E-state index contributed by atoms with van der Waals surface area (Å²) < 4.78 is 25.3. The van der Waals surface area contributed by atoms with E-state index < -0.39 is 28.7 Å². The van der Waals surface area contributed by atoms with E-state index in [2.05, 4.69) is 82.9 Å². The van der Waals surface area contributed by atoms with Crippen molar-refractivity contribution in [3.63, 3.8) is 0 Å². The quantitative estimate of drug-likeness (QED) is 0.0388. The second kappa shape index (κ2) is 77.4. The summed E-state index contributed by atoms with van der Waals surface area (Å²) >= 11 is 0. The van der Waals surface area contributed by atoms with Crippen LogP contribution in [0.2, 0.25) is 0 Å². The molecule has 0 aromatic heterocycles. The van der Waals surface area contributed by atoms with E-state index in [1.807, 2.05) is 144 Å². The fourth-order valence-electron chi connectivity index (χ4n) is 6.70. The number of amides is 22. The highest BCUT2D eigenvalue weighted by molar-refractivity contribution is 7.59. The minimum Gasteiger partial charge on any atom is -0.352 e. The Bertz CT molecular complexity index is 2510. The predicted octanol–water partition coefficient (Wildman–Crippen LogP) is 4.63. The first-order valence-corrected chi connectivity index (χ1v) is 35.5. The molecule has 0 saturated carbocycles. The molecule has 1 atom stereocenters. The molecule has 40 heteroatoms. The van der Waals surface area contributed by atoms with E-state index in [9.17, 15) is 57.5 Å². The van der Waals surface area contributed by atoms with Gasteiger partial charge >= 0.3 is 83.4 Å². The van der Waals surface area contributed by atoms with Crippen LogP contribution in [0, 0.1) is 0 Å². The number of carbonyl (C=O) groups excluding carboxylic acids is 12. The number of urea groups is 11. The third-order valence-electron chi connectivity index (χ3n) is 12.3. The zero-order valence-corrected chi connectivity index (χ0v) is 67.6. The zero-order chi connectivity index (χ0) is 82.9. The van der Waals surface area contributed by atoms with Crippen LogP contribution in [0.4, 0.5) is 58.4 Å². The third kappa shape index (κ3) is 79.6. The maximum absolute atomic E-state index is 11.4. The summed E-state index contributed by atoms with van der Waals surface area (Å²) in [4.78, 5) is 141. The van der Waals surface area contributed by atoms with Crippen molar-refractivity contribution in [2.24, 2.45) is 23.0 Å². The van der Waals surface area contributed by atoms with Gasteiger partial charge in [-0.3, -0.25) is 9.80 Å². The topological polar surface area (TPSA) is 528 Å². The van der Waals surface area contributed by atoms with Gasteiger partial charge in [0.25, 0.3) is 0 Å². The number of hydrazine groups is 1. The highest BCUT2D eigenvalue weighted by Crippen LogP contribution is 2.08. The van der Waals surface area contributed by atoms with Gasteiger partial charge in [-0.25, -0.2) is 58.6 Å². The Morgan fingerprint density at radius 3 is 1.37 bits per heavy atom. The Morgan fingerprint density at radius 2 is 1.10 bits per heavy atom. The Labute approximate surface area is 621 Å². The maximum Gasteiger partial charge on any atom is 0.425 e. The molecule has 2 heterocycles. The molecule has 1 unspecified atom stereocenters. The van der Waals surface area contributed by atoms with Crippen LogP contribution in [0.5, 0.6) is 0 Å². The van der Waals surface area contributed by atoms with Crippen molar-refractivity contribution in [3.05, 3.63) is 30.3 Å². The molecule has 610 valence electrons. The summed E-state index contributed by atoms with van der Waals surface area (Å²) in [6.07, 6.45) is 4.29. The molecule has 104 heavy (non-hydrogen) atoms. The standard InChI is InChI=1S/C10H14N2O.C9H20N2O.C7H14N2O.C7H16N2O.C6H12N2O.C5H10N2O3.C5H12N2O.C4H11N3O.2C4H10N2O.C3H8N2O.O3S/c1-3-12(2)10(13)11-9-7-5-4-6-8-9;1-6-11(8(4)5)9(12)10-7(2)3;1-3-9-6(2)4-5-8-7(9)10;1-3-5-6-9(4-2)7(8)10;1-2-8-5-3-4-7-6(8)9;1-3-6-5(9)7(2)10-4-8;1-4-7(3)5(8)6-2;1-3-6-4(8)7(2)5;1-3-6-4(7)5-2;1-3(2)6-4(5)7;1-2-5-3(4)6;1-4(2)3/h4-8H,3H2,1-2H3,(H,11,13);7-8H,6H2,1-5H3,(H,10,12);6H,3-5H2,1-2H3,(H,8,10);3-6H2,1-2H3,(H2,8,10);2-5H2,1H3,(H,7,9);4H,3H2,1-2H3,(H,6,9);4H2,1-3H3,(H,6,8);3,5H2,1-2H3,(H,6,8);3H2,1-2H3,(H2,5,6,7);3H,1-2H3,(H3,5,6,7);2H2,1H3,(H3,4,5,6);. The highest BCUT2D eigenvalue weighted by atomic mass is 32.2. The molecule has 0 aliphatic carbocycles. The third-order valence-corrected chi connectivity index (χ3v) is 12.3. The second-order valence-electron chi connectivity index (χ2n) is 21.8. The summed E-state index contributed by atoms with van der Waals surface area (Å²) in [6.45, 7) is 45.5. The normalized spacial score (nSPS) is 11.4. The maximum atomic E-state index is 11.4. The van der Waals surface area contributed by atoms with Crippen molar-refractivity contribution in [2.45, 2.75) is 174 Å². The van der Waals surface area contributed by atoms with Gasteiger partial charge in [0.2, 0.25) is 0 Å². The first kappa shape index (κ1) is 113. The molecule has 2 fully saturated rings. The fraction of sp³-hybridized carbons (Fsp3) is 0.719. The van der Waals surface area contributed by atoms with Crippen molar-refractivity contribution in [1.82, 2.24) is 92.6 Å². The molecule has 0 spiro atoms. The van der Waals surface area contributed by atoms with E-state index in [1.54, 1.807) is 54.7 Å². The van der Waals surface area contributed by atoms with Crippen molar-refractivity contribution in [1.29, 1.82) is 0 Å². The van der Waals surface area contributed by atoms with Crippen LogP contribution in [-0.2, 0) is 20.2 Å². The SMILES string of the molecule is CC(C)NC(N)=O.CCCCN(CC)C(N)=O.CCN(C(=O)NC(C)C)C(C)C.CCN(C)C(=O)NC.CCN(C)C(=O)Nc1ccccc1.CCN1C(=O)NCCC1C.CCN1CCCNC1=O.CCNC(=O)N(C)N.CCNC(=O)N(C)OC=O.CCNC(=O)NC.CCNC(N)=O.O=S(=O)=O. The lowest BCUT2D eigenvalue weighted by molar-refractivity contribution is -0.155. The summed E-state index contributed by atoms with van der Waals surface area (Å²) in [5, 5.41) is 30.2. The number of nitrogens with zero attached hydrogens (tertiary/aromatic N) is 8. The Balaban J connectivity index is -0.000000136. The van der Waals surface area contributed by atoms with Gasteiger partial charge in [0, 0.05) is 157 Å². The largest absolute Gasteiger partial charge is 0.425 e. The molecule has 22 amide bonds. The van der Waals surface area contributed by atoms with Crippen LogP contribution in [0.25, 0.3) is 0 Å². The summed E-state index contributed by atoms with van der Waals surface area (Å²) in [7, 11) is 6.45. The van der Waals surface area contributed by atoms with Crippen LogP contribution >= 0.6 is 0 Å². The summed E-state index contributed by atoms with van der Waals surface area (Å²) in [6, 6.07) is 8.52. The van der Waals surface area contributed by atoms with E-state index in [0.717, 1.165) is 100 Å². The lowest BCUT2D eigenvalue weighted by Crippen LogP contribution is -2.50. The molecule has 1 aromatic carbocycles. The van der Waals surface area contributed by atoms with Crippen molar-refractivity contribution in [3.8, 4) is 0 Å². The number of nitrogens with two attached hydrogens (primary N) is 4. The minimum atomic E-state index is -3.11. The predicted molar refractivity (Wildman–Crippen MR) is 409 cm³/mol. The van der Waals surface area contributed by atoms with Gasteiger partial charge in [0.15, 0.2) is 0 Å². The minimum absolute atomic E-state index is 0.0301. The van der Waals surface area contributed by atoms with E-state index in [-0.39, 0.29) is 72.8 Å². The molecular formula is C64H137N23O16S. The van der Waals surface area contributed by atoms with E-state index in [4.69, 9.17) is 29.9 Å². The van der Waals surface area contributed by atoms with E-state index in [1.165, 1.54) is 14.1 Å². The van der Waals surface area contributed by atoms with Gasteiger partial charge in [-0.2, -0.15) is 5.06 Å². The van der Waals surface area contributed by atoms with Gasteiger partial charge in [-0.15, -0.1) is 12.6 Å². The molecule has 39 nitrogen and oxygen atoms in total. The average molecular weight is 1520 g/mol. The molecule has 0 bridgehead atoms. The van der Waals surface area contributed by atoms with Crippen LogP contribution in [0.1, 0.15) is 150 Å². The summed E-state index contributed by atoms with van der Waals surface area (Å²) in [5.74, 6) is 5.04. The molecular weight excluding hydrogens is 1380 g/mol. The van der Waals surface area contributed by atoms with Crippen LogP contribution < -0.4 is 81.5 Å². The molecule has 2 aliphatic heterocycles. The number of unbranched alkanes of at least 4 members (excludes halogenated alkanes) is 1. The summed E-state index contributed by atoms with van der Waals surface area (Å²) in [5.41, 5.74) is 15.3. The number of nitrogens with one attached hydrogen (secondary N) is 11. The number of hydrogen-bond acceptors (Lipinski definition) is 17. The molecule has 2 saturated heterocycles. The van der Waals surface area contributed by atoms with Gasteiger partial charge in [0.05, 0.1) is 7.05 Å². The van der Waals surface area contributed by atoms with Gasteiger partial charge < -0.3 is 110 Å². The van der Waals surface area contributed by atoms with Crippen molar-refractivity contribution >= 4 is 89.1 Å². The number of hydrogen-bond donors (Lipinski definition) is 15. The lowest BCUT2D eigenvalue weighted by atomic mass is 10.2. The molecule has 2 aliphatic rings. The smallest absolute Gasteiger partial charge is 0.352 e. The number of hydroxylamine groups is 2. The van der Waals surface area contributed by atoms with Crippen LogP contribution in [-0.4, -0.2) is 283 Å². The van der Waals surface area contributed by atoms with E-state index in [0.29, 0.717) is 38.8 Å². The first-order chi connectivity index (χ1) is 48.6. The number of para-hydroxylation sites is 1. The zero-order valence-electron chi connectivity index (χ0n) is 66.8. The number of carbonyl (C=O) groups is 12. The lowest BCUT2D eigenvalue weighted by Gasteiger charge is -2.32. The van der Waals surface area contributed by atoms with Crippen molar-refractivity contribution in [2.75, 3.05) is 139 Å². The second-order valence-corrected chi connectivity index (χ2v) is 22.2. The van der Waals surface area contributed by atoms with Crippen LogP contribution in [0.3, 0.4) is 0 Å². The Hall–Kier alpha value is -9.76. The Kier molecular flexibility index (Phi) is 83.9. The number of anilines is 1. The van der Waals surface area contributed by atoms with E-state index >= 15 is 0 Å². The molecule has 3 rings (SSSR count). The average Bonchev–Trinajstić information content (AvgIpc) is 0.886. The highest BCUT2D eigenvalue weighted by Gasteiger charge is 2.22. The van der Waals surface area contributed by atoms with Gasteiger partial charge in [-0.1, -0.05) is 31.5 Å². The van der Waals surface area contributed by atoms with Gasteiger partial charge in [0.1, 0.15) is 0 Å². The fourth-order valence-corrected chi connectivity index (χ4v) is 6.70. The monoisotopic (exact) mass is 1520 g/mol. The molecule has 0 radical (unpaired) electrons.